The molecule has 70 heavy (non-hydrogen) atoms. The number of hydrogen-bond acceptors (Lipinski definition) is 25. The zero-order chi connectivity index (χ0) is 53.2. The monoisotopic (exact) mass is 1070 g/mol. The van der Waals surface area contributed by atoms with Crippen LogP contribution in [0.2, 0.25) is 0 Å². The van der Waals surface area contributed by atoms with Gasteiger partial charge in [0.25, 0.3) is 0 Å². The summed E-state index contributed by atoms with van der Waals surface area (Å²) in [4.78, 5) is 152. The summed E-state index contributed by atoms with van der Waals surface area (Å²) in [6, 6.07) is 0. The van der Waals surface area contributed by atoms with Gasteiger partial charge in [0, 0.05) is 49.6 Å². The molecule has 35 nitrogen and oxygen atoms in total. The summed E-state index contributed by atoms with van der Waals surface area (Å²) in [5, 5.41) is 178. The number of rotatable bonds is 25. The van der Waals surface area contributed by atoms with Crippen molar-refractivity contribution in [2.24, 2.45) is 0 Å². The fraction of sp³-hybridized carbons (Fsp3) is 0.500. The molecule has 0 aromatic heterocycles. The Morgan fingerprint density at radius 1 is 0.243 bits per heavy atom. The summed E-state index contributed by atoms with van der Waals surface area (Å²) < 4.78 is 0. The summed E-state index contributed by atoms with van der Waals surface area (Å²) in [6.45, 7) is 0. The second-order valence-corrected chi connectivity index (χ2v) is 12.3. The third-order valence-corrected chi connectivity index (χ3v) is 6.38. The molecule has 0 aliphatic heterocycles. The third kappa shape index (κ3) is 44.8. The van der Waals surface area contributed by atoms with Gasteiger partial charge in [-0.3, -0.25) is 28.8 Å². The normalized spacial score (nSPS) is 10.1. The Labute approximate surface area is 498 Å². The average Bonchev–Trinajstić information content (AvgIpc) is 3.01. The van der Waals surface area contributed by atoms with Gasteiger partial charge in [0.15, 0.2) is 22.4 Å². The zero-order valence-corrected chi connectivity index (χ0v) is 46.9. The molecular formula is C30H35Na5O35. The van der Waals surface area contributed by atoms with Crippen molar-refractivity contribution in [1.82, 2.24) is 0 Å². The molecule has 0 amide bonds. The minimum atomic E-state index is -2.97. The van der Waals surface area contributed by atoms with E-state index in [1.807, 2.05) is 0 Å². The van der Waals surface area contributed by atoms with Crippen LogP contribution in [0.5, 0.6) is 0 Å². The number of aliphatic hydroxyl groups is 5. The van der Waals surface area contributed by atoms with Crippen LogP contribution in [0, 0.1) is 0 Å². The van der Waals surface area contributed by atoms with Gasteiger partial charge in [0.2, 0.25) is 0 Å². The van der Waals surface area contributed by atoms with E-state index >= 15 is 0 Å². The Bertz CT molecular complexity index is 1460. The van der Waals surface area contributed by atoms with Crippen molar-refractivity contribution in [1.29, 1.82) is 0 Å². The van der Waals surface area contributed by atoms with E-state index in [1.165, 1.54) is 0 Å². The first-order valence-corrected chi connectivity index (χ1v) is 15.8. The van der Waals surface area contributed by atoms with E-state index in [1.54, 1.807) is 0 Å². The maximum Gasteiger partial charge on any atom is 1.00 e. The summed E-state index contributed by atoms with van der Waals surface area (Å²) in [5.41, 5.74) is -14.1. The van der Waals surface area contributed by atoms with E-state index in [0.29, 0.717) is 0 Å². The zero-order valence-electron chi connectivity index (χ0n) is 36.9. The Balaban J connectivity index is -0.0000000789. The van der Waals surface area contributed by atoms with Crippen LogP contribution in [-0.4, -0.2) is 194 Å². The molecule has 0 bridgehead atoms. The van der Waals surface area contributed by atoms with Crippen molar-refractivity contribution < 1.29 is 322 Å². The summed E-state index contributed by atoms with van der Waals surface area (Å²) >= 11 is 0. The van der Waals surface area contributed by atoms with Crippen molar-refractivity contribution in [3.8, 4) is 0 Å². The molecule has 0 heterocycles. The first-order chi connectivity index (χ1) is 28.9. The number of carbonyl (C=O) groups is 15. The molecule has 0 rings (SSSR count). The molecule has 0 saturated heterocycles. The van der Waals surface area contributed by atoms with Crippen molar-refractivity contribution in [2.45, 2.75) is 92.2 Å². The topological polar surface area (TPSA) is 675 Å². The van der Waals surface area contributed by atoms with Crippen LogP contribution in [0.15, 0.2) is 0 Å². The molecule has 0 spiro atoms. The van der Waals surface area contributed by atoms with Crippen molar-refractivity contribution in [3.63, 3.8) is 0 Å². The Hall–Kier alpha value is -3.15. The molecular weight excluding hydrogens is 1040 g/mol. The van der Waals surface area contributed by atoms with Crippen LogP contribution in [-0.2, 0) is 71.9 Å². The van der Waals surface area contributed by atoms with Gasteiger partial charge in [-0.2, -0.15) is 0 Å². The van der Waals surface area contributed by atoms with Crippen LogP contribution in [0.1, 0.15) is 64.2 Å². The number of carbonyl (C=O) groups excluding carboxylic acids is 5. The maximum atomic E-state index is 10.3. The van der Waals surface area contributed by atoms with Crippen molar-refractivity contribution in [3.05, 3.63) is 0 Å². The Morgan fingerprint density at radius 2 is 0.357 bits per heavy atom. The van der Waals surface area contributed by atoms with Crippen LogP contribution in [0.4, 0.5) is 0 Å². The largest absolute Gasteiger partial charge is 1.00 e. The maximum absolute atomic E-state index is 10.3. The molecule has 0 aromatic rings. The third-order valence-electron chi connectivity index (χ3n) is 6.38. The number of carboxylic acids is 15. The fourth-order valence-electron chi connectivity index (χ4n) is 3.52. The quantitative estimate of drug-likeness (QED) is 0.0378. The van der Waals surface area contributed by atoms with Crippen LogP contribution in [0.3, 0.4) is 0 Å². The number of carboxylic acid groups (broad SMARTS) is 15. The van der Waals surface area contributed by atoms with Gasteiger partial charge in [-0.15, -0.1) is 0 Å². The Morgan fingerprint density at radius 3 is 0.443 bits per heavy atom. The van der Waals surface area contributed by atoms with Gasteiger partial charge >= 0.3 is 207 Å². The molecule has 40 heteroatoms. The summed E-state index contributed by atoms with van der Waals surface area (Å²) in [7, 11) is 0. The van der Waals surface area contributed by atoms with Gasteiger partial charge in [0.1, 0.15) is 5.60 Å². The molecule has 370 valence electrons. The van der Waals surface area contributed by atoms with Gasteiger partial charge < -0.3 is 126 Å². The SMILES string of the molecule is O=C(O)CC(O)(CC(=O)O)C(=O)O.O=C(O)CC(O)(CC(=O)O)C(=O)O.O=C(O)CC(O)(CC(=O)O)C(=O)O.O=C([O-])CC(O)(CC(=O)[O-])C(=O)O.O=C([O-])CC(O)(CC(=O)[O-])C(=O)[O-].[Na+].[Na+].[Na+].[Na+].[Na+]. The van der Waals surface area contributed by atoms with Crippen LogP contribution < -0.4 is 173 Å². The molecule has 0 saturated carbocycles. The Kier molecular flexibility index (Phi) is 53.0. The van der Waals surface area contributed by atoms with Crippen LogP contribution in [0.25, 0.3) is 0 Å². The molecule has 0 aliphatic rings. The van der Waals surface area contributed by atoms with E-state index in [-0.39, 0.29) is 148 Å². The molecule has 0 unspecified atom stereocenters. The van der Waals surface area contributed by atoms with Gasteiger partial charge in [-0.25, -0.2) is 19.2 Å². The van der Waals surface area contributed by atoms with Crippen molar-refractivity contribution in [2.75, 3.05) is 0 Å². The first kappa shape index (κ1) is 89.7. The van der Waals surface area contributed by atoms with Crippen molar-refractivity contribution >= 4 is 89.5 Å². The van der Waals surface area contributed by atoms with E-state index in [9.17, 15) is 97.5 Å². The standard InChI is InChI=1S/5C6H8O7.5Na/c5*7-3(8)1-6(13,5(11)12)2-4(9)10;;;;;/h5*13H,1-2H2,(H,7,8)(H,9,10)(H,11,12);;;;;/q;;;;;5*+1/p-5. The van der Waals surface area contributed by atoms with Crippen LogP contribution >= 0.6 is 0 Å². The number of aliphatic carboxylic acids is 15. The first-order valence-electron chi connectivity index (χ1n) is 15.8. The molecule has 15 N–H and O–H groups in total. The average molecular weight is 1070 g/mol. The van der Waals surface area contributed by atoms with E-state index in [4.69, 9.17) is 76.6 Å². The molecule has 0 atom stereocenters. The predicted octanol–water partition coefficient (Wildman–Crippen LogP) is -27.9. The van der Waals surface area contributed by atoms with Gasteiger partial charge in [-0.1, -0.05) is 0 Å². The smallest absolute Gasteiger partial charge is 0.550 e. The predicted molar refractivity (Wildman–Crippen MR) is 172 cm³/mol. The second-order valence-electron chi connectivity index (χ2n) is 12.3. The molecule has 0 fully saturated rings. The molecule has 0 radical (unpaired) electrons. The van der Waals surface area contributed by atoms with E-state index in [0.717, 1.165) is 0 Å². The molecule has 0 aromatic carbocycles. The van der Waals surface area contributed by atoms with Gasteiger partial charge in [0.05, 0.1) is 44.5 Å². The van der Waals surface area contributed by atoms with E-state index in [2.05, 4.69) is 0 Å². The van der Waals surface area contributed by atoms with E-state index < -0.39 is 182 Å². The second kappa shape index (κ2) is 41.3. The summed E-state index contributed by atoms with van der Waals surface area (Å²) in [6.07, 6.45) is -12.2. The number of hydrogen-bond donors (Lipinski definition) is 15. The van der Waals surface area contributed by atoms with Gasteiger partial charge in [-0.05, 0) is 0 Å². The fourth-order valence-corrected chi connectivity index (χ4v) is 3.52. The minimum Gasteiger partial charge on any atom is -0.550 e. The molecule has 0 aliphatic carbocycles. The minimum absolute atomic E-state index is 0. The summed E-state index contributed by atoms with van der Waals surface area (Å²) in [5.74, 6) is -26.7.